The summed E-state index contributed by atoms with van der Waals surface area (Å²) in [5.74, 6) is 1.17. The molecule has 0 aliphatic heterocycles. The van der Waals surface area contributed by atoms with Crippen molar-refractivity contribution in [1.29, 1.82) is 0 Å². The number of thioether (sulfide) groups is 1. The third-order valence-electron chi connectivity index (χ3n) is 1.23. The van der Waals surface area contributed by atoms with Gasteiger partial charge in [0.1, 0.15) is 4.34 Å². The van der Waals surface area contributed by atoms with Crippen molar-refractivity contribution in [3.63, 3.8) is 0 Å². The van der Waals surface area contributed by atoms with Crippen molar-refractivity contribution in [2.24, 2.45) is 16.5 Å². The SMILES string of the molecule is I.NC(N)=NCCCSc1nccs1. The molecular formula is C7H13IN4S2. The van der Waals surface area contributed by atoms with Gasteiger partial charge in [-0.2, -0.15) is 0 Å². The van der Waals surface area contributed by atoms with Crippen LogP contribution in [0.1, 0.15) is 6.42 Å². The molecule has 0 aromatic carbocycles. The maximum atomic E-state index is 5.18. The third-order valence-corrected chi connectivity index (χ3v) is 3.28. The fraction of sp³-hybridized carbons (Fsp3) is 0.429. The molecule has 1 heterocycles. The summed E-state index contributed by atoms with van der Waals surface area (Å²) < 4.78 is 1.10. The number of aliphatic imine (C=N–C) groups is 1. The summed E-state index contributed by atoms with van der Waals surface area (Å²) >= 11 is 3.39. The summed E-state index contributed by atoms with van der Waals surface area (Å²) in [5, 5.41) is 1.97. The number of hydrogen-bond donors (Lipinski definition) is 2. The van der Waals surface area contributed by atoms with E-state index in [2.05, 4.69) is 9.98 Å². The van der Waals surface area contributed by atoms with Crippen molar-refractivity contribution in [2.45, 2.75) is 10.8 Å². The summed E-state index contributed by atoms with van der Waals surface area (Å²) in [5.41, 5.74) is 10.4. The van der Waals surface area contributed by atoms with Crippen molar-refractivity contribution in [2.75, 3.05) is 12.3 Å². The van der Waals surface area contributed by atoms with Gasteiger partial charge in [0.15, 0.2) is 5.96 Å². The Labute approximate surface area is 109 Å². The molecule has 0 aliphatic carbocycles. The van der Waals surface area contributed by atoms with Gasteiger partial charge >= 0.3 is 0 Å². The lowest BCUT2D eigenvalue weighted by Crippen LogP contribution is -2.23. The number of nitrogens with zero attached hydrogens (tertiary/aromatic N) is 2. The predicted molar refractivity (Wildman–Crippen MR) is 73.5 cm³/mol. The van der Waals surface area contributed by atoms with Gasteiger partial charge in [-0.15, -0.1) is 35.3 Å². The van der Waals surface area contributed by atoms with Crippen LogP contribution in [0.4, 0.5) is 0 Å². The maximum absolute atomic E-state index is 5.18. The van der Waals surface area contributed by atoms with E-state index in [-0.39, 0.29) is 29.9 Å². The molecule has 1 aromatic heterocycles. The van der Waals surface area contributed by atoms with Crippen LogP contribution in [-0.2, 0) is 0 Å². The maximum Gasteiger partial charge on any atom is 0.185 e. The molecule has 0 radical (unpaired) electrons. The summed E-state index contributed by atoms with van der Waals surface area (Å²) in [6, 6.07) is 0. The molecule has 0 atom stereocenters. The zero-order valence-electron chi connectivity index (χ0n) is 7.55. The number of guanidine groups is 1. The fourth-order valence-electron chi connectivity index (χ4n) is 0.714. The van der Waals surface area contributed by atoms with Gasteiger partial charge in [-0.25, -0.2) is 4.98 Å². The molecule has 14 heavy (non-hydrogen) atoms. The lowest BCUT2D eigenvalue weighted by atomic mass is 10.5. The van der Waals surface area contributed by atoms with E-state index in [0.29, 0.717) is 6.54 Å². The molecule has 1 rings (SSSR count). The van der Waals surface area contributed by atoms with E-state index in [1.807, 2.05) is 11.6 Å². The molecule has 1 aromatic rings. The van der Waals surface area contributed by atoms with Gasteiger partial charge < -0.3 is 11.5 Å². The van der Waals surface area contributed by atoms with Gasteiger partial charge in [0.25, 0.3) is 0 Å². The van der Waals surface area contributed by atoms with Crippen LogP contribution in [0.25, 0.3) is 0 Å². The van der Waals surface area contributed by atoms with Crippen molar-refractivity contribution >= 4 is 53.0 Å². The standard InChI is InChI=1S/C7H12N4S2.HI/c8-6(9)10-2-1-4-12-7-11-3-5-13-7;/h3,5H,1-2,4H2,(H4,8,9,10);1H. The van der Waals surface area contributed by atoms with E-state index < -0.39 is 0 Å². The molecule has 0 fully saturated rings. The van der Waals surface area contributed by atoms with Gasteiger partial charge in [-0.1, -0.05) is 11.8 Å². The van der Waals surface area contributed by atoms with Crippen LogP contribution in [0.3, 0.4) is 0 Å². The number of thiazole rings is 1. The number of halogens is 1. The third kappa shape index (κ3) is 6.44. The van der Waals surface area contributed by atoms with Crippen molar-refractivity contribution in [3.05, 3.63) is 11.6 Å². The van der Waals surface area contributed by atoms with Gasteiger partial charge in [0.2, 0.25) is 0 Å². The molecule has 0 bridgehead atoms. The second-order valence-corrected chi connectivity index (χ2v) is 4.54. The van der Waals surface area contributed by atoms with Crippen LogP contribution < -0.4 is 11.5 Å². The van der Waals surface area contributed by atoms with E-state index in [4.69, 9.17) is 11.5 Å². The predicted octanol–water partition coefficient (Wildman–Crippen LogP) is 1.52. The van der Waals surface area contributed by atoms with Crippen LogP contribution >= 0.6 is 47.1 Å². The topological polar surface area (TPSA) is 77.3 Å². The van der Waals surface area contributed by atoms with Gasteiger partial charge in [0.05, 0.1) is 0 Å². The summed E-state index contributed by atoms with van der Waals surface area (Å²) in [6.07, 6.45) is 2.78. The molecule has 80 valence electrons. The molecule has 0 saturated heterocycles. The quantitative estimate of drug-likeness (QED) is 0.279. The molecule has 0 amide bonds. The molecule has 0 aliphatic rings. The van der Waals surface area contributed by atoms with Crippen molar-refractivity contribution in [3.8, 4) is 0 Å². The van der Waals surface area contributed by atoms with E-state index >= 15 is 0 Å². The summed E-state index contributed by atoms with van der Waals surface area (Å²) in [7, 11) is 0. The summed E-state index contributed by atoms with van der Waals surface area (Å²) in [6.45, 7) is 0.695. The van der Waals surface area contributed by atoms with E-state index in [1.54, 1.807) is 23.1 Å². The highest BCUT2D eigenvalue weighted by molar-refractivity contribution is 14.0. The van der Waals surface area contributed by atoms with Gasteiger partial charge in [-0.05, 0) is 6.42 Å². The van der Waals surface area contributed by atoms with Crippen LogP contribution in [0.5, 0.6) is 0 Å². The van der Waals surface area contributed by atoms with Crippen molar-refractivity contribution < 1.29 is 0 Å². The minimum absolute atomic E-state index is 0. The minimum atomic E-state index is 0. The Balaban J connectivity index is 0.00000169. The van der Waals surface area contributed by atoms with Gasteiger partial charge in [-0.3, -0.25) is 4.99 Å². The molecule has 4 nitrogen and oxygen atoms in total. The Morgan fingerprint density at radius 3 is 2.93 bits per heavy atom. The van der Waals surface area contributed by atoms with E-state index in [1.165, 1.54) is 0 Å². The minimum Gasteiger partial charge on any atom is -0.370 e. The first kappa shape index (κ1) is 14.0. The second-order valence-electron chi connectivity index (χ2n) is 2.31. The fourth-order valence-corrected chi connectivity index (χ4v) is 2.35. The number of hydrogen-bond acceptors (Lipinski definition) is 4. The first-order chi connectivity index (χ1) is 6.29. The first-order valence-corrected chi connectivity index (χ1v) is 5.73. The first-order valence-electron chi connectivity index (χ1n) is 3.86. The Bertz CT molecular complexity index is 259. The monoisotopic (exact) mass is 344 g/mol. The van der Waals surface area contributed by atoms with Gasteiger partial charge in [0, 0.05) is 23.9 Å². The van der Waals surface area contributed by atoms with Crippen LogP contribution in [0.15, 0.2) is 20.9 Å². The van der Waals surface area contributed by atoms with Crippen LogP contribution in [0.2, 0.25) is 0 Å². The lowest BCUT2D eigenvalue weighted by molar-refractivity contribution is 0.937. The highest BCUT2D eigenvalue weighted by Crippen LogP contribution is 2.20. The van der Waals surface area contributed by atoms with Crippen LogP contribution in [0, 0.1) is 0 Å². The Morgan fingerprint density at radius 1 is 1.57 bits per heavy atom. The Morgan fingerprint density at radius 2 is 2.36 bits per heavy atom. The average molecular weight is 344 g/mol. The molecule has 0 unspecified atom stereocenters. The molecular weight excluding hydrogens is 331 g/mol. The number of aromatic nitrogens is 1. The molecule has 7 heteroatoms. The Hall–Kier alpha value is -0.0200. The summed E-state index contributed by atoms with van der Waals surface area (Å²) in [4.78, 5) is 8.03. The number of nitrogens with two attached hydrogens (primary N) is 2. The number of rotatable bonds is 5. The normalized spacial score (nSPS) is 9.14. The van der Waals surface area contributed by atoms with E-state index in [0.717, 1.165) is 16.5 Å². The smallest absolute Gasteiger partial charge is 0.185 e. The lowest BCUT2D eigenvalue weighted by Gasteiger charge is -1.95. The average Bonchev–Trinajstić information content (AvgIpc) is 2.55. The van der Waals surface area contributed by atoms with E-state index in [9.17, 15) is 0 Å². The van der Waals surface area contributed by atoms with Crippen LogP contribution in [-0.4, -0.2) is 23.2 Å². The Kier molecular flexibility index (Phi) is 8.29. The van der Waals surface area contributed by atoms with Crippen molar-refractivity contribution in [1.82, 2.24) is 4.98 Å². The largest absolute Gasteiger partial charge is 0.370 e. The molecule has 0 spiro atoms. The second kappa shape index (κ2) is 8.30. The zero-order chi connectivity index (χ0) is 9.52. The molecule has 4 N–H and O–H groups in total. The zero-order valence-corrected chi connectivity index (χ0v) is 11.5. The highest BCUT2D eigenvalue weighted by atomic mass is 127. The highest BCUT2D eigenvalue weighted by Gasteiger charge is 1.94. The molecule has 0 saturated carbocycles.